The molecule has 1 fully saturated rings. The molecule has 0 amide bonds. The van der Waals surface area contributed by atoms with Crippen molar-refractivity contribution in [3.63, 3.8) is 0 Å². The van der Waals surface area contributed by atoms with Crippen molar-refractivity contribution in [2.45, 2.75) is 38.0 Å². The number of pyridine rings is 1. The molecule has 1 aliphatic rings. The minimum absolute atomic E-state index is 0.128. The van der Waals surface area contributed by atoms with E-state index >= 15 is 0 Å². The molecule has 4 aromatic rings. The van der Waals surface area contributed by atoms with Crippen molar-refractivity contribution < 1.29 is 9.66 Å². The van der Waals surface area contributed by atoms with Crippen LogP contribution < -0.4 is 15.2 Å². The first-order valence-corrected chi connectivity index (χ1v) is 13.5. The number of aromatic nitrogens is 3. The highest BCUT2D eigenvalue weighted by molar-refractivity contribution is 9.10. The van der Waals surface area contributed by atoms with E-state index in [9.17, 15) is 14.9 Å². The van der Waals surface area contributed by atoms with Gasteiger partial charge in [0.1, 0.15) is 17.8 Å². The van der Waals surface area contributed by atoms with E-state index in [0.29, 0.717) is 28.0 Å². The molecule has 0 atom stereocenters. The molecule has 1 saturated carbocycles. The number of rotatable bonds is 7. The van der Waals surface area contributed by atoms with E-state index in [0.717, 1.165) is 42.0 Å². The van der Waals surface area contributed by atoms with Crippen molar-refractivity contribution in [3.05, 3.63) is 91.1 Å². The maximum Gasteiger partial charge on any atom is 0.287 e. The van der Waals surface area contributed by atoms with Crippen molar-refractivity contribution in [3.8, 4) is 11.6 Å². The lowest BCUT2D eigenvalue weighted by Crippen LogP contribution is -2.25. The van der Waals surface area contributed by atoms with Crippen LogP contribution in [-0.4, -0.2) is 39.9 Å². The fourth-order valence-electron chi connectivity index (χ4n) is 4.67. The number of halogens is 1. The van der Waals surface area contributed by atoms with Crippen LogP contribution >= 0.6 is 15.9 Å². The van der Waals surface area contributed by atoms with Gasteiger partial charge in [-0.1, -0.05) is 35.2 Å². The van der Waals surface area contributed by atoms with E-state index in [1.807, 2.05) is 49.3 Å². The van der Waals surface area contributed by atoms with Crippen LogP contribution in [0.4, 0.5) is 11.4 Å². The Morgan fingerprint density at radius 3 is 2.62 bits per heavy atom. The molecular weight excluding hydrogens is 564 g/mol. The standard InChI is InChI=1S/C28H27BrN6O4/c1-33(2)21-10-8-19(25(15-21)39-26-13-11-22(17-30-26)35(37)38)16-31-34-27(18-6-4-3-5-7-18)32-24-12-9-20(29)14-23(24)28(34)36/h8-18H,3-7H2,1-2H3. The van der Waals surface area contributed by atoms with Gasteiger partial charge >= 0.3 is 0 Å². The second-order valence-corrected chi connectivity index (χ2v) is 10.6. The predicted octanol–water partition coefficient (Wildman–Crippen LogP) is 6.25. The number of nitrogens with zero attached hydrogens (tertiary/aromatic N) is 6. The molecule has 0 saturated heterocycles. The minimum Gasteiger partial charge on any atom is -0.438 e. The summed E-state index contributed by atoms with van der Waals surface area (Å²) < 4.78 is 8.23. The quantitative estimate of drug-likeness (QED) is 0.142. The summed E-state index contributed by atoms with van der Waals surface area (Å²) in [7, 11) is 3.82. The molecule has 0 spiro atoms. The fourth-order valence-corrected chi connectivity index (χ4v) is 5.03. The first-order chi connectivity index (χ1) is 18.8. The third-order valence-electron chi connectivity index (χ3n) is 6.78. The van der Waals surface area contributed by atoms with E-state index in [2.05, 4.69) is 26.0 Å². The second-order valence-electron chi connectivity index (χ2n) is 9.66. The molecule has 0 unspecified atom stereocenters. The van der Waals surface area contributed by atoms with Crippen LogP contribution in [0, 0.1) is 10.1 Å². The number of anilines is 1. The zero-order valence-corrected chi connectivity index (χ0v) is 23.2. The maximum atomic E-state index is 13.7. The Morgan fingerprint density at radius 2 is 1.92 bits per heavy atom. The molecule has 5 rings (SSSR count). The van der Waals surface area contributed by atoms with Crippen LogP contribution in [0.15, 0.2) is 69.1 Å². The average molecular weight is 591 g/mol. The SMILES string of the molecule is CN(C)c1ccc(C=Nn2c(C3CCCCC3)nc3ccc(Br)cc3c2=O)c(Oc2ccc([N+](=O)[O-])cn2)c1. The molecule has 1 aliphatic carbocycles. The lowest BCUT2D eigenvalue weighted by Gasteiger charge is -2.22. The molecule has 2 aromatic heterocycles. The highest BCUT2D eigenvalue weighted by Crippen LogP contribution is 2.33. The number of fused-ring (bicyclic) bond motifs is 1. The van der Waals surface area contributed by atoms with Crippen LogP contribution in [0.2, 0.25) is 0 Å². The predicted molar refractivity (Wildman–Crippen MR) is 154 cm³/mol. The number of benzene rings is 2. The van der Waals surface area contributed by atoms with E-state index < -0.39 is 4.92 Å². The van der Waals surface area contributed by atoms with Gasteiger partial charge in [-0.2, -0.15) is 9.78 Å². The first-order valence-electron chi connectivity index (χ1n) is 12.7. The van der Waals surface area contributed by atoms with Crippen molar-refractivity contribution >= 4 is 44.4 Å². The molecule has 0 radical (unpaired) electrons. The summed E-state index contributed by atoms with van der Waals surface area (Å²) in [5, 5.41) is 16.1. The normalized spacial score (nSPS) is 14.1. The smallest absolute Gasteiger partial charge is 0.287 e. The molecule has 11 heteroatoms. The largest absolute Gasteiger partial charge is 0.438 e. The van der Waals surface area contributed by atoms with Gasteiger partial charge in [0, 0.05) is 53.9 Å². The second kappa shape index (κ2) is 11.3. The Hall–Kier alpha value is -4.12. The van der Waals surface area contributed by atoms with Gasteiger partial charge < -0.3 is 9.64 Å². The summed E-state index contributed by atoms with van der Waals surface area (Å²) in [5.41, 5.74) is 1.77. The molecule has 200 valence electrons. The number of nitro groups is 1. The number of ether oxygens (including phenoxy) is 1. The van der Waals surface area contributed by atoms with Gasteiger partial charge in [0.15, 0.2) is 0 Å². The lowest BCUT2D eigenvalue weighted by molar-refractivity contribution is -0.385. The number of hydrogen-bond acceptors (Lipinski definition) is 8. The van der Waals surface area contributed by atoms with Crippen LogP contribution in [0.5, 0.6) is 11.6 Å². The molecule has 0 aliphatic heterocycles. The topological polar surface area (TPSA) is 116 Å². The van der Waals surface area contributed by atoms with E-state index in [-0.39, 0.29) is 23.0 Å². The van der Waals surface area contributed by atoms with Gasteiger partial charge in [0.2, 0.25) is 5.88 Å². The molecule has 39 heavy (non-hydrogen) atoms. The lowest BCUT2D eigenvalue weighted by atomic mass is 9.88. The highest BCUT2D eigenvalue weighted by Gasteiger charge is 2.22. The van der Waals surface area contributed by atoms with Gasteiger partial charge in [0.25, 0.3) is 11.2 Å². The van der Waals surface area contributed by atoms with Crippen molar-refractivity contribution in [2.24, 2.45) is 5.10 Å². The summed E-state index contributed by atoms with van der Waals surface area (Å²) in [6.45, 7) is 0. The third-order valence-corrected chi connectivity index (χ3v) is 7.27. The van der Waals surface area contributed by atoms with Gasteiger partial charge in [-0.05, 0) is 43.2 Å². The van der Waals surface area contributed by atoms with Crippen molar-refractivity contribution in [1.82, 2.24) is 14.6 Å². The molecule has 0 bridgehead atoms. The molecule has 2 heterocycles. The van der Waals surface area contributed by atoms with E-state index in [4.69, 9.17) is 9.72 Å². The van der Waals surface area contributed by atoms with Gasteiger partial charge in [-0.15, -0.1) is 0 Å². The van der Waals surface area contributed by atoms with Crippen LogP contribution in [0.25, 0.3) is 10.9 Å². The van der Waals surface area contributed by atoms with Crippen LogP contribution in [-0.2, 0) is 0 Å². The zero-order valence-electron chi connectivity index (χ0n) is 21.6. The van der Waals surface area contributed by atoms with Crippen LogP contribution in [0.3, 0.4) is 0 Å². The minimum atomic E-state index is -0.515. The van der Waals surface area contributed by atoms with Crippen LogP contribution in [0.1, 0.15) is 49.4 Å². The zero-order chi connectivity index (χ0) is 27.5. The monoisotopic (exact) mass is 590 g/mol. The maximum absolute atomic E-state index is 13.7. The molecule has 10 nitrogen and oxygen atoms in total. The Bertz CT molecular complexity index is 1610. The Morgan fingerprint density at radius 1 is 1.13 bits per heavy atom. The number of hydrogen-bond donors (Lipinski definition) is 0. The summed E-state index contributed by atoms with van der Waals surface area (Å²) in [5.74, 6) is 1.45. The van der Waals surface area contributed by atoms with E-state index in [1.165, 1.54) is 23.2 Å². The van der Waals surface area contributed by atoms with E-state index in [1.54, 1.807) is 12.3 Å². The molecule has 2 aromatic carbocycles. The Balaban J connectivity index is 1.58. The third kappa shape index (κ3) is 5.83. The van der Waals surface area contributed by atoms with Gasteiger partial charge in [-0.25, -0.2) is 9.97 Å². The molecule has 0 N–H and O–H groups in total. The van der Waals surface area contributed by atoms with Gasteiger partial charge in [0.05, 0.1) is 22.0 Å². The first kappa shape index (κ1) is 26.5. The highest BCUT2D eigenvalue weighted by atomic mass is 79.9. The fraction of sp³-hybridized carbons (Fsp3) is 0.286. The Labute approximate surface area is 233 Å². The van der Waals surface area contributed by atoms with Gasteiger partial charge in [-0.3, -0.25) is 14.9 Å². The summed E-state index contributed by atoms with van der Waals surface area (Å²) >= 11 is 3.46. The van der Waals surface area contributed by atoms with Crippen molar-refractivity contribution in [1.29, 1.82) is 0 Å². The molecular formula is C28H27BrN6O4. The average Bonchev–Trinajstić information content (AvgIpc) is 2.94. The summed E-state index contributed by atoms with van der Waals surface area (Å²) in [4.78, 5) is 35.0. The van der Waals surface area contributed by atoms with Crippen molar-refractivity contribution in [2.75, 3.05) is 19.0 Å². The Kier molecular flexibility index (Phi) is 7.69. The summed E-state index contributed by atoms with van der Waals surface area (Å²) in [6.07, 6.45) is 8.01. The summed E-state index contributed by atoms with van der Waals surface area (Å²) in [6, 6.07) is 13.9.